The summed E-state index contributed by atoms with van der Waals surface area (Å²) in [6.07, 6.45) is 1.15. The number of aromatic nitrogens is 1. The molecule has 1 aliphatic carbocycles. The number of nitrogens with zero attached hydrogens (tertiary/aromatic N) is 3. The second kappa shape index (κ2) is 8.80. The minimum absolute atomic E-state index is 0. The maximum Gasteiger partial charge on any atom is 0.194 e. The van der Waals surface area contributed by atoms with Gasteiger partial charge < -0.3 is 10.2 Å². The topological polar surface area (TPSA) is 40.5 Å². The van der Waals surface area contributed by atoms with Crippen LogP contribution in [0.3, 0.4) is 0 Å². The maximum absolute atomic E-state index is 4.84. The monoisotopic (exact) mass is 456 g/mol. The third-order valence-corrected chi connectivity index (χ3v) is 5.01. The zero-order chi connectivity index (χ0) is 16.2. The average Bonchev–Trinajstić information content (AvgIpc) is 2.92. The number of hydrogen-bond acceptors (Lipinski definition) is 3. The molecule has 3 rings (SSSR count). The van der Waals surface area contributed by atoms with Gasteiger partial charge in [0, 0.05) is 31.4 Å². The molecule has 24 heavy (non-hydrogen) atoms. The Hall–Kier alpha value is -1.15. The highest BCUT2D eigenvalue weighted by atomic mass is 127. The highest BCUT2D eigenvalue weighted by Crippen LogP contribution is 2.34. The Morgan fingerprint density at radius 2 is 2.21 bits per heavy atom. The van der Waals surface area contributed by atoms with Gasteiger partial charge in [-0.1, -0.05) is 24.3 Å². The Labute approximate surface area is 165 Å². The van der Waals surface area contributed by atoms with Crippen molar-refractivity contribution < 1.29 is 0 Å². The van der Waals surface area contributed by atoms with Gasteiger partial charge in [-0.25, -0.2) is 4.98 Å². The summed E-state index contributed by atoms with van der Waals surface area (Å²) in [5.74, 6) is 1.53. The van der Waals surface area contributed by atoms with Gasteiger partial charge in [0.2, 0.25) is 0 Å². The molecule has 6 heteroatoms. The normalized spacial score (nSPS) is 16.0. The first-order chi connectivity index (χ1) is 11.2. The molecule has 130 valence electrons. The van der Waals surface area contributed by atoms with E-state index in [9.17, 15) is 0 Å². The van der Waals surface area contributed by atoms with Gasteiger partial charge in [-0.3, -0.25) is 4.99 Å². The van der Waals surface area contributed by atoms with Crippen LogP contribution in [0.1, 0.15) is 34.7 Å². The summed E-state index contributed by atoms with van der Waals surface area (Å²) in [7, 11) is 2.07. The third kappa shape index (κ3) is 4.47. The van der Waals surface area contributed by atoms with Crippen LogP contribution in [-0.4, -0.2) is 36.0 Å². The Balaban J connectivity index is 0.00000208. The quantitative estimate of drug-likeness (QED) is 0.423. The lowest BCUT2D eigenvalue weighted by atomic mass is 9.78. The van der Waals surface area contributed by atoms with Crippen molar-refractivity contribution in [3.8, 4) is 0 Å². The minimum Gasteiger partial charge on any atom is -0.357 e. The largest absolute Gasteiger partial charge is 0.357 e. The van der Waals surface area contributed by atoms with E-state index in [1.54, 1.807) is 11.3 Å². The number of thiazole rings is 1. The van der Waals surface area contributed by atoms with Crippen LogP contribution in [0.15, 0.2) is 34.6 Å². The van der Waals surface area contributed by atoms with Crippen LogP contribution < -0.4 is 5.32 Å². The molecule has 0 aliphatic heterocycles. The number of nitrogens with one attached hydrogen (secondary N) is 1. The van der Waals surface area contributed by atoms with Gasteiger partial charge in [-0.15, -0.1) is 35.3 Å². The van der Waals surface area contributed by atoms with Crippen LogP contribution >= 0.6 is 35.3 Å². The van der Waals surface area contributed by atoms with Crippen molar-refractivity contribution in [1.29, 1.82) is 0 Å². The van der Waals surface area contributed by atoms with Crippen LogP contribution in [0, 0.1) is 6.92 Å². The summed E-state index contributed by atoms with van der Waals surface area (Å²) in [4.78, 5) is 11.5. The number of halogens is 1. The second-order valence-corrected chi connectivity index (χ2v) is 7.07. The molecule has 0 bridgehead atoms. The molecule has 0 radical (unpaired) electrons. The number of benzene rings is 1. The van der Waals surface area contributed by atoms with Gasteiger partial charge in [0.15, 0.2) is 5.96 Å². The van der Waals surface area contributed by atoms with Gasteiger partial charge in [0.25, 0.3) is 0 Å². The summed E-state index contributed by atoms with van der Waals surface area (Å²) in [5.41, 5.74) is 4.04. The standard InChI is InChI=1S/C18H24N4S.HI/c1-4-19-18(22(3)11-16-12-23-13(2)21-16)20-10-15-9-14-7-5-6-8-17(14)15;/h5-8,12,15H,4,9-11H2,1-3H3,(H,19,20);1H. The van der Waals surface area contributed by atoms with Crippen LogP contribution in [0.25, 0.3) is 0 Å². The molecule has 1 atom stereocenters. The molecule has 2 aromatic rings. The zero-order valence-corrected chi connectivity index (χ0v) is 17.6. The van der Waals surface area contributed by atoms with Gasteiger partial charge in [0.1, 0.15) is 0 Å². The van der Waals surface area contributed by atoms with Gasteiger partial charge in [-0.05, 0) is 31.4 Å². The molecule has 1 unspecified atom stereocenters. The number of aryl methyl sites for hydroxylation is 1. The Morgan fingerprint density at radius 1 is 1.42 bits per heavy atom. The molecule has 1 aromatic carbocycles. The Morgan fingerprint density at radius 3 is 2.88 bits per heavy atom. The molecule has 0 saturated carbocycles. The Kier molecular flexibility index (Phi) is 7.03. The summed E-state index contributed by atoms with van der Waals surface area (Å²) < 4.78 is 0. The van der Waals surface area contributed by atoms with E-state index in [0.29, 0.717) is 5.92 Å². The third-order valence-electron chi connectivity index (χ3n) is 4.18. The molecule has 1 aromatic heterocycles. The summed E-state index contributed by atoms with van der Waals surface area (Å²) in [6.45, 7) is 6.66. The number of fused-ring (bicyclic) bond motifs is 1. The van der Waals surface area contributed by atoms with Gasteiger partial charge >= 0.3 is 0 Å². The highest BCUT2D eigenvalue weighted by molar-refractivity contribution is 14.0. The lowest BCUT2D eigenvalue weighted by Crippen LogP contribution is -2.39. The summed E-state index contributed by atoms with van der Waals surface area (Å²) in [5, 5.41) is 6.62. The smallest absolute Gasteiger partial charge is 0.194 e. The van der Waals surface area contributed by atoms with Crippen LogP contribution in [0.5, 0.6) is 0 Å². The molecule has 1 N–H and O–H groups in total. The van der Waals surface area contributed by atoms with E-state index in [2.05, 4.69) is 58.8 Å². The predicted octanol–water partition coefficient (Wildman–Crippen LogP) is 3.81. The van der Waals surface area contributed by atoms with E-state index in [0.717, 1.165) is 42.7 Å². The van der Waals surface area contributed by atoms with Crippen LogP contribution in [-0.2, 0) is 13.0 Å². The zero-order valence-electron chi connectivity index (χ0n) is 14.5. The molecular weight excluding hydrogens is 431 g/mol. The summed E-state index contributed by atoms with van der Waals surface area (Å²) in [6, 6.07) is 8.69. The van der Waals surface area contributed by atoms with Crippen LogP contribution in [0.2, 0.25) is 0 Å². The van der Waals surface area contributed by atoms with Crippen molar-refractivity contribution in [3.63, 3.8) is 0 Å². The fraction of sp³-hybridized carbons (Fsp3) is 0.444. The molecule has 0 saturated heterocycles. The van der Waals surface area contributed by atoms with Crippen LogP contribution in [0.4, 0.5) is 0 Å². The molecule has 0 fully saturated rings. The van der Waals surface area contributed by atoms with Gasteiger partial charge in [0.05, 0.1) is 17.2 Å². The fourth-order valence-electron chi connectivity index (χ4n) is 2.99. The minimum atomic E-state index is 0. The number of aliphatic imine (C=N–C) groups is 1. The van der Waals surface area contributed by atoms with Crippen molar-refractivity contribution in [2.45, 2.75) is 32.7 Å². The van der Waals surface area contributed by atoms with E-state index in [-0.39, 0.29) is 24.0 Å². The number of rotatable bonds is 5. The van der Waals surface area contributed by atoms with E-state index < -0.39 is 0 Å². The molecule has 1 heterocycles. The first-order valence-electron chi connectivity index (χ1n) is 8.15. The van der Waals surface area contributed by atoms with Crippen molar-refractivity contribution in [1.82, 2.24) is 15.2 Å². The molecule has 0 spiro atoms. The van der Waals surface area contributed by atoms with Crippen molar-refractivity contribution in [3.05, 3.63) is 51.5 Å². The second-order valence-electron chi connectivity index (χ2n) is 6.01. The molecule has 1 aliphatic rings. The number of guanidine groups is 1. The molecule has 4 nitrogen and oxygen atoms in total. The van der Waals surface area contributed by atoms with Gasteiger partial charge in [-0.2, -0.15) is 0 Å². The predicted molar refractivity (Wildman–Crippen MR) is 113 cm³/mol. The van der Waals surface area contributed by atoms with Crippen molar-refractivity contribution in [2.24, 2.45) is 4.99 Å². The number of hydrogen-bond donors (Lipinski definition) is 1. The fourth-order valence-corrected chi connectivity index (χ4v) is 3.59. The summed E-state index contributed by atoms with van der Waals surface area (Å²) >= 11 is 1.70. The average molecular weight is 456 g/mol. The molecule has 0 amide bonds. The van der Waals surface area contributed by atoms with Crippen molar-refractivity contribution >= 4 is 41.3 Å². The lowest BCUT2D eigenvalue weighted by molar-refractivity contribution is 0.468. The Bertz CT molecular complexity index is 698. The molecular formula is C18H25IN4S. The maximum atomic E-state index is 4.84. The SMILES string of the molecule is CCNC(=NCC1Cc2ccccc21)N(C)Cc1csc(C)n1.I. The van der Waals surface area contributed by atoms with E-state index in [1.807, 2.05) is 6.92 Å². The van der Waals surface area contributed by atoms with E-state index in [1.165, 1.54) is 11.1 Å². The highest BCUT2D eigenvalue weighted by Gasteiger charge is 2.25. The van der Waals surface area contributed by atoms with Crippen molar-refractivity contribution in [2.75, 3.05) is 20.1 Å². The van der Waals surface area contributed by atoms with E-state index >= 15 is 0 Å². The van der Waals surface area contributed by atoms with E-state index in [4.69, 9.17) is 4.99 Å². The first-order valence-corrected chi connectivity index (χ1v) is 9.03. The lowest BCUT2D eigenvalue weighted by Gasteiger charge is -2.29. The first kappa shape index (κ1) is 19.2.